The first-order valence-electron chi connectivity index (χ1n) is 11.0. The Morgan fingerprint density at radius 2 is 1.84 bits per heavy atom. The Morgan fingerprint density at radius 3 is 2.42 bits per heavy atom. The Morgan fingerprint density at radius 1 is 1.19 bits per heavy atom. The van der Waals surface area contributed by atoms with Crippen molar-refractivity contribution in [2.24, 2.45) is 18.4 Å². The molecule has 0 atom stereocenters. The molecule has 1 spiro atoms. The van der Waals surface area contributed by atoms with E-state index in [9.17, 15) is 23.1 Å². The van der Waals surface area contributed by atoms with E-state index in [1.165, 1.54) is 4.57 Å². The first-order chi connectivity index (χ1) is 14.5. The number of nitrogens with zero attached hydrogens (tertiary/aromatic N) is 3. The van der Waals surface area contributed by atoms with E-state index in [4.69, 9.17) is 0 Å². The van der Waals surface area contributed by atoms with Crippen LogP contribution in [0.2, 0.25) is 0 Å². The molecule has 3 fully saturated rings. The molecule has 168 valence electrons. The van der Waals surface area contributed by atoms with Gasteiger partial charge in [0.15, 0.2) is 0 Å². The van der Waals surface area contributed by atoms with Crippen LogP contribution in [0.4, 0.5) is 13.2 Å². The number of hydrogen-bond donors (Lipinski definition) is 1. The van der Waals surface area contributed by atoms with Gasteiger partial charge in [-0.2, -0.15) is 13.2 Å². The van der Waals surface area contributed by atoms with Gasteiger partial charge in [0.25, 0.3) is 0 Å². The van der Waals surface area contributed by atoms with Crippen molar-refractivity contribution in [3.05, 3.63) is 29.6 Å². The van der Waals surface area contributed by atoms with Crippen molar-refractivity contribution in [3.8, 4) is 0 Å². The van der Waals surface area contributed by atoms with Crippen LogP contribution in [0, 0.1) is 11.3 Å². The Labute approximate surface area is 179 Å². The molecule has 5 nitrogen and oxygen atoms in total. The van der Waals surface area contributed by atoms with Gasteiger partial charge in [-0.25, -0.2) is 4.98 Å². The highest BCUT2D eigenvalue weighted by Crippen LogP contribution is 2.50. The van der Waals surface area contributed by atoms with Crippen LogP contribution in [0.15, 0.2) is 18.3 Å². The number of carbonyl (C=O) groups excluding carboxylic acids is 1. The first-order valence-corrected chi connectivity index (χ1v) is 11.0. The van der Waals surface area contributed by atoms with Gasteiger partial charge in [0.1, 0.15) is 5.65 Å². The number of fused-ring (bicyclic) bond motifs is 1. The molecule has 0 aromatic carbocycles. The summed E-state index contributed by atoms with van der Waals surface area (Å²) in [5, 5.41) is 10.0. The van der Waals surface area contributed by atoms with Crippen LogP contribution in [-0.2, 0) is 18.0 Å². The van der Waals surface area contributed by atoms with Gasteiger partial charge in [-0.15, -0.1) is 0 Å². The van der Waals surface area contributed by atoms with Crippen LogP contribution in [0.5, 0.6) is 0 Å². The largest absolute Gasteiger partial charge is 0.418 e. The van der Waals surface area contributed by atoms with Crippen LogP contribution in [0.25, 0.3) is 11.0 Å². The third kappa shape index (κ3) is 3.52. The van der Waals surface area contributed by atoms with Crippen molar-refractivity contribution in [2.45, 2.75) is 63.1 Å². The number of carbonyl (C=O) groups is 1. The lowest BCUT2D eigenvalue weighted by atomic mass is 9.64. The number of likely N-dealkylation sites (tertiary alicyclic amines) is 1. The summed E-state index contributed by atoms with van der Waals surface area (Å²) in [7, 11) is 1.60. The predicted octanol–water partition coefficient (Wildman–Crippen LogP) is 4.24. The summed E-state index contributed by atoms with van der Waals surface area (Å²) in [5.74, 6) is 0.382. The number of aromatic nitrogens is 2. The van der Waals surface area contributed by atoms with E-state index in [0.29, 0.717) is 18.5 Å². The van der Waals surface area contributed by atoms with Gasteiger partial charge in [-0.1, -0.05) is 0 Å². The normalized spacial score (nSPS) is 28.6. The van der Waals surface area contributed by atoms with E-state index in [1.807, 2.05) is 4.90 Å². The number of hydrogen-bond acceptors (Lipinski definition) is 3. The van der Waals surface area contributed by atoms with Gasteiger partial charge in [-0.3, -0.25) is 4.79 Å². The van der Waals surface area contributed by atoms with Gasteiger partial charge >= 0.3 is 6.18 Å². The monoisotopic (exact) mass is 435 g/mol. The molecule has 2 aromatic heterocycles. The lowest BCUT2D eigenvalue weighted by Gasteiger charge is -2.55. The van der Waals surface area contributed by atoms with E-state index < -0.39 is 17.3 Å². The predicted molar refractivity (Wildman–Crippen MR) is 109 cm³/mol. The highest BCUT2D eigenvalue weighted by atomic mass is 19.4. The minimum Gasteiger partial charge on any atom is -0.390 e. The topological polar surface area (TPSA) is 58.4 Å². The van der Waals surface area contributed by atoms with Gasteiger partial charge < -0.3 is 14.6 Å². The van der Waals surface area contributed by atoms with Gasteiger partial charge in [0, 0.05) is 54.7 Å². The molecule has 0 radical (unpaired) electrons. The molecule has 31 heavy (non-hydrogen) atoms. The molecule has 0 bridgehead atoms. The maximum atomic E-state index is 13.2. The van der Waals surface area contributed by atoms with E-state index >= 15 is 0 Å². The van der Waals surface area contributed by atoms with E-state index in [1.54, 1.807) is 26.1 Å². The molecule has 3 heterocycles. The third-order valence-electron chi connectivity index (χ3n) is 7.70. The highest BCUT2D eigenvalue weighted by Gasteiger charge is 2.51. The van der Waals surface area contributed by atoms with Gasteiger partial charge in [0.2, 0.25) is 5.91 Å². The summed E-state index contributed by atoms with van der Waals surface area (Å²) in [6.45, 7) is 3.35. The molecule has 2 aliphatic carbocycles. The lowest BCUT2D eigenvalue weighted by molar-refractivity contribution is -0.163. The molecule has 1 N–H and O–H groups in total. The molecule has 2 aromatic rings. The third-order valence-corrected chi connectivity index (χ3v) is 7.70. The Hall–Kier alpha value is -2.09. The maximum absolute atomic E-state index is 13.2. The molecular formula is C23H28F3N3O2. The summed E-state index contributed by atoms with van der Waals surface area (Å²) >= 11 is 0. The van der Waals surface area contributed by atoms with Gasteiger partial charge in [0.05, 0.1) is 11.2 Å². The molecular weight excluding hydrogens is 407 g/mol. The Balaban J connectivity index is 1.22. The second-order valence-electron chi connectivity index (χ2n) is 10.3. The van der Waals surface area contributed by atoms with Crippen LogP contribution in [0.1, 0.15) is 62.6 Å². The van der Waals surface area contributed by atoms with Crippen LogP contribution in [-0.4, -0.2) is 44.2 Å². The Bertz CT molecular complexity index is 1020. The average molecular weight is 435 g/mol. The molecule has 5 rings (SSSR count). The summed E-state index contributed by atoms with van der Waals surface area (Å²) in [6, 6.07) is 3.31. The van der Waals surface area contributed by atoms with Crippen LogP contribution >= 0.6 is 0 Å². The lowest BCUT2D eigenvalue weighted by Crippen LogP contribution is -2.62. The van der Waals surface area contributed by atoms with Crippen molar-refractivity contribution in [2.75, 3.05) is 13.1 Å². The molecule has 2 saturated carbocycles. The zero-order valence-corrected chi connectivity index (χ0v) is 17.9. The fourth-order valence-electron chi connectivity index (χ4n) is 5.92. The number of rotatable bonds is 2. The van der Waals surface area contributed by atoms with Gasteiger partial charge in [-0.05, 0) is 57.6 Å². The SMILES string of the molecule is Cn1cc(C(F)(F)F)c2ccc(C3CCC4(CC3)CN(C(=O)C3CC(C)(O)C3)C4)nc21. The minimum absolute atomic E-state index is 0.0357. The summed E-state index contributed by atoms with van der Waals surface area (Å²) < 4.78 is 41.2. The minimum atomic E-state index is -4.39. The van der Waals surface area contributed by atoms with Crippen molar-refractivity contribution in [3.63, 3.8) is 0 Å². The zero-order valence-electron chi connectivity index (χ0n) is 17.9. The second-order valence-corrected chi connectivity index (χ2v) is 10.3. The fraction of sp³-hybridized carbons (Fsp3) is 0.652. The molecule has 3 aliphatic rings. The standard InChI is InChI=1S/C23H28F3N3O2/c1-21(31)9-15(10-21)20(30)29-12-22(13-29)7-5-14(6-8-22)18-4-3-16-17(23(24,25)26)11-28(2)19(16)27-18/h3-4,11,14-15,31H,5-10,12-13H2,1-2H3. The summed E-state index contributed by atoms with van der Waals surface area (Å²) in [4.78, 5) is 19.1. The average Bonchev–Trinajstić information content (AvgIpc) is 3.00. The number of pyridine rings is 1. The van der Waals surface area contributed by atoms with Crippen LogP contribution in [0.3, 0.4) is 0 Å². The maximum Gasteiger partial charge on any atom is 0.418 e. The number of aryl methyl sites for hydroxylation is 1. The number of alkyl halides is 3. The molecule has 1 aliphatic heterocycles. The molecule has 1 saturated heterocycles. The molecule has 0 unspecified atom stereocenters. The zero-order chi connectivity index (χ0) is 22.2. The molecule has 8 heteroatoms. The van der Waals surface area contributed by atoms with Crippen molar-refractivity contribution in [1.82, 2.24) is 14.5 Å². The number of halogens is 3. The molecule has 1 amide bonds. The van der Waals surface area contributed by atoms with Crippen LogP contribution < -0.4 is 0 Å². The van der Waals surface area contributed by atoms with Crippen molar-refractivity contribution >= 4 is 16.9 Å². The summed E-state index contributed by atoms with van der Waals surface area (Å²) in [5.41, 5.74) is 0.0903. The smallest absolute Gasteiger partial charge is 0.390 e. The number of amides is 1. The van der Waals surface area contributed by atoms with E-state index in [-0.39, 0.29) is 28.5 Å². The fourth-order valence-corrected chi connectivity index (χ4v) is 5.92. The quantitative estimate of drug-likeness (QED) is 0.768. The van der Waals surface area contributed by atoms with E-state index in [0.717, 1.165) is 50.7 Å². The Kier molecular flexibility index (Phi) is 4.50. The van der Waals surface area contributed by atoms with E-state index in [2.05, 4.69) is 4.98 Å². The number of aliphatic hydroxyl groups is 1. The first kappa shape index (κ1) is 20.8. The summed E-state index contributed by atoms with van der Waals surface area (Å²) in [6.07, 6.45) is 1.72. The van der Waals surface area contributed by atoms with Crippen molar-refractivity contribution in [1.29, 1.82) is 0 Å². The second kappa shape index (κ2) is 6.70. The van der Waals surface area contributed by atoms with Crippen molar-refractivity contribution < 1.29 is 23.1 Å². The highest BCUT2D eigenvalue weighted by molar-refractivity contribution is 5.82.